The van der Waals surface area contributed by atoms with Gasteiger partial charge in [-0.2, -0.15) is 0 Å². The lowest BCUT2D eigenvalue weighted by Crippen LogP contribution is -2.37. The van der Waals surface area contributed by atoms with Gasteiger partial charge in [-0.1, -0.05) is 13.0 Å². The third kappa shape index (κ3) is 4.44. The van der Waals surface area contributed by atoms with Crippen LogP contribution in [0.5, 0.6) is 0 Å². The zero-order valence-electron chi connectivity index (χ0n) is 8.76. The molecule has 76 valence electrons. The van der Waals surface area contributed by atoms with Crippen LogP contribution in [0.1, 0.15) is 19.8 Å². The van der Waals surface area contributed by atoms with Gasteiger partial charge in [0.25, 0.3) is 0 Å². The van der Waals surface area contributed by atoms with Crippen molar-refractivity contribution in [1.29, 1.82) is 0 Å². The minimum absolute atomic E-state index is 0.935. The molecule has 1 N–H and O–H groups in total. The summed E-state index contributed by atoms with van der Waals surface area (Å²) in [4.78, 5) is 2.55. The maximum absolute atomic E-state index is 3.68. The van der Waals surface area contributed by atoms with Gasteiger partial charge in [0.15, 0.2) is 0 Å². The number of nitrogens with zero attached hydrogens (tertiary/aromatic N) is 1. The maximum atomic E-state index is 3.68. The standard InChI is InChI=1S/C11H22N2/c1-3-6-12-7-10-13-8-4-11(2)5-9-13/h3,11-12H,1,4-10H2,2H3. The van der Waals surface area contributed by atoms with Gasteiger partial charge in [-0.15, -0.1) is 6.58 Å². The Hall–Kier alpha value is -0.340. The van der Waals surface area contributed by atoms with E-state index < -0.39 is 0 Å². The summed E-state index contributed by atoms with van der Waals surface area (Å²) in [5.41, 5.74) is 0. The van der Waals surface area contributed by atoms with Crippen LogP contribution in [0.3, 0.4) is 0 Å². The molecule has 1 fully saturated rings. The lowest BCUT2D eigenvalue weighted by atomic mass is 9.99. The predicted octanol–water partition coefficient (Wildman–Crippen LogP) is 1.49. The molecule has 0 atom stereocenters. The molecule has 0 unspecified atom stereocenters. The van der Waals surface area contributed by atoms with Crippen LogP contribution >= 0.6 is 0 Å². The van der Waals surface area contributed by atoms with Crippen molar-refractivity contribution in [2.75, 3.05) is 32.7 Å². The van der Waals surface area contributed by atoms with Crippen LogP contribution in [0.15, 0.2) is 12.7 Å². The van der Waals surface area contributed by atoms with Gasteiger partial charge in [0.05, 0.1) is 0 Å². The largest absolute Gasteiger partial charge is 0.312 e. The van der Waals surface area contributed by atoms with Crippen LogP contribution in [-0.4, -0.2) is 37.6 Å². The number of rotatable bonds is 5. The monoisotopic (exact) mass is 182 g/mol. The number of likely N-dealkylation sites (tertiary alicyclic amines) is 1. The number of hydrogen-bond acceptors (Lipinski definition) is 2. The average molecular weight is 182 g/mol. The molecule has 0 radical (unpaired) electrons. The van der Waals surface area contributed by atoms with Gasteiger partial charge in [-0.05, 0) is 31.8 Å². The lowest BCUT2D eigenvalue weighted by molar-refractivity contribution is 0.193. The Balaban J connectivity index is 1.99. The van der Waals surface area contributed by atoms with E-state index in [9.17, 15) is 0 Å². The Labute approximate surface area is 82.0 Å². The summed E-state index contributed by atoms with van der Waals surface area (Å²) in [6.07, 6.45) is 4.67. The lowest BCUT2D eigenvalue weighted by Gasteiger charge is -2.30. The highest BCUT2D eigenvalue weighted by atomic mass is 15.1. The van der Waals surface area contributed by atoms with Gasteiger partial charge in [0, 0.05) is 19.6 Å². The first-order valence-corrected chi connectivity index (χ1v) is 5.37. The van der Waals surface area contributed by atoms with Crippen molar-refractivity contribution >= 4 is 0 Å². The highest BCUT2D eigenvalue weighted by Gasteiger charge is 2.14. The van der Waals surface area contributed by atoms with E-state index in [-0.39, 0.29) is 0 Å². The van der Waals surface area contributed by atoms with E-state index in [2.05, 4.69) is 23.7 Å². The molecule has 0 spiro atoms. The van der Waals surface area contributed by atoms with Crippen LogP contribution in [0.2, 0.25) is 0 Å². The van der Waals surface area contributed by atoms with Crippen LogP contribution in [0, 0.1) is 5.92 Å². The van der Waals surface area contributed by atoms with Crippen molar-refractivity contribution in [1.82, 2.24) is 10.2 Å². The molecule has 1 rings (SSSR count). The third-order valence-corrected chi connectivity index (χ3v) is 2.77. The SMILES string of the molecule is C=CCNCCN1CCC(C)CC1. The summed E-state index contributed by atoms with van der Waals surface area (Å²) in [7, 11) is 0. The topological polar surface area (TPSA) is 15.3 Å². The predicted molar refractivity (Wildman–Crippen MR) is 57.9 cm³/mol. The minimum Gasteiger partial charge on any atom is -0.312 e. The fourth-order valence-corrected chi connectivity index (χ4v) is 1.73. The molecule has 0 amide bonds. The van der Waals surface area contributed by atoms with E-state index in [4.69, 9.17) is 0 Å². The molecule has 1 aliphatic heterocycles. The zero-order chi connectivity index (χ0) is 9.52. The summed E-state index contributed by atoms with van der Waals surface area (Å²) in [6.45, 7) is 11.8. The van der Waals surface area contributed by atoms with Gasteiger partial charge in [0.1, 0.15) is 0 Å². The van der Waals surface area contributed by atoms with Gasteiger partial charge in [-0.3, -0.25) is 0 Å². The summed E-state index contributed by atoms with van der Waals surface area (Å²) < 4.78 is 0. The van der Waals surface area contributed by atoms with E-state index >= 15 is 0 Å². The Morgan fingerprint density at radius 2 is 2.15 bits per heavy atom. The Bertz CT molecular complexity index is 137. The Kier molecular flexibility index (Phi) is 5.09. The van der Waals surface area contributed by atoms with E-state index in [1.165, 1.54) is 32.5 Å². The minimum atomic E-state index is 0.935. The molecule has 13 heavy (non-hydrogen) atoms. The second-order valence-electron chi connectivity index (χ2n) is 4.02. The van der Waals surface area contributed by atoms with Gasteiger partial charge in [0.2, 0.25) is 0 Å². The molecular weight excluding hydrogens is 160 g/mol. The van der Waals surface area contributed by atoms with Crippen molar-refractivity contribution < 1.29 is 0 Å². The summed E-state index contributed by atoms with van der Waals surface area (Å²) in [5, 5.41) is 3.33. The molecule has 0 aromatic rings. The smallest absolute Gasteiger partial charge is 0.0132 e. The molecule has 1 saturated heterocycles. The highest BCUT2D eigenvalue weighted by molar-refractivity contribution is 4.72. The number of piperidine rings is 1. The molecule has 0 aromatic carbocycles. The van der Waals surface area contributed by atoms with E-state index in [1.807, 2.05) is 6.08 Å². The van der Waals surface area contributed by atoms with E-state index in [0.717, 1.165) is 19.0 Å². The molecule has 2 nitrogen and oxygen atoms in total. The quantitative estimate of drug-likeness (QED) is 0.512. The van der Waals surface area contributed by atoms with Crippen LogP contribution in [0.25, 0.3) is 0 Å². The summed E-state index contributed by atoms with van der Waals surface area (Å²) >= 11 is 0. The van der Waals surface area contributed by atoms with Crippen molar-refractivity contribution in [2.45, 2.75) is 19.8 Å². The second-order valence-corrected chi connectivity index (χ2v) is 4.02. The number of hydrogen-bond donors (Lipinski definition) is 1. The number of nitrogens with one attached hydrogen (secondary N) is 1. The summed E-state index contributed by atoms with van der Waals surface area (Å²) in [5.74, 6) is 0.942. The van der Waals surface area contributed by atoms with Gasteiger partial charge < -0.3 is 10.2 Å². The molecule has 1 heterocycles. The average Bonchev–Trinajstić information content (AvgIpc) is 2.15. The van der Waals surface area contributed by atoms with Crippen molar-refractivity contribution in [2.24, 2.45) is 5.92 Å². The zero-order valence-corrected chi connectivity index (χ0v) is 8.76. The summed E-state index contributed by atoms with van der Waals surface area (Å²) in [6, 6.07) is 0. The fraction of sp³-hybridized carbons (Fsp3) is 0.818. The van der Waals surface area contributed by atoms with Crippen molar-refractivity contribution in [3.05, 3.63) is 12.7 Å². The highest BCUT2D eigenvalue weighted by Crippen LogP contribution is 2.14. The first-order chi connectivity index (χ1) is 6.33. The molecule has 0 aliphatic carbocycles. The first-order valence-electron chi connectivity index (χ1n) is 5.37. The normalized spacial score (nSPS) is 20.4. The second kappa shape index (κ2) is 6.17. The molecule has 2 heteroatoms. The maximum Gasteiger partial charge on any atom is 0.0132 e. The van der Waals surface area contributed by atoms with Crippen LogP contribution in [-0.2, 0) is 0 Å². The van der Waals surface area contributed by atoms with Crippen LogP contribution < -0.4 is 5.32 Å². The fourth-order valence-electron chi connectivity index (χ4n) is 1.73. The molecule has 0 aromatic heterocycles. The molecule has 0 saturated carbocycles. The Morgan fingerprint density at radius 3 is 2.77 bits per heavy atom. The van der Waals surface area contributed by atoms with Crippen LogP contribution in [0.4, 0.5) is 0 Å². The first kappa shape index (κ1) is 10.7. The molecule has 1 aliphatic rings. The third-order valence-electron chi connectivity index (χ3n) is 2.77. The Morgan fingerprint density at radius 1 is 1.46 bits per heavy atom. The van der Waals surface area contributed by atoms with Crippen molar-refractivity contribution in [3.8, 4) is 0 Å². The van der Waals surface area contributed by atoms with Crippen molar-refractivity contribution in [3.63, 3.8) is 0 Å². The molecular formula is C11H22N2. The molecule has 0 bridgehead atoms. The van der Waals surface area contributed by atoms with Gasteiger partial charge in [-0.25, -0.2) is 0 Å². The van der Waals surface area contributed by atoms with E-state index in [1.54, 1.807) is 0 Å². The van der Waals surface area contributed by atoms with E-state index in [0.29, 0.717) is 0 Å². The van der Waals surface area contributed by atoms with Gasteiger partial charge >= 0.3 is 0 Å².